The molecule has 0 aromatic carbocycles. The first-order valence-corrected chi connectivity index (χ1v) is 5.42. The number of carbonyl (C=O) groups excluding carboxylic acids is 2. The van der Waals surface area contributed by atoms with Gasteiger partial charge in [-0.25, -0.2) is 0 Å². The summed E-state index contributed by atoms with van der Waals surface area (Å²) in [7, 11) is 0. The summed E-state index contributed by atoms with van der Waals surface area (Å²) in [5, 5.41) is 0. The van der Waals surface area contributed by atoms with Gasteiger partial charge in [-0.2, -0.15) is 0 Å². The van der Waals surface area contributed by atoms with Crippen molar-refractivity contribution in [1.29, 1.82) is 0 Å². The van der Waals surface area contributed by atoms with Crippen molar-refractivity contribution < 1.29 is 14.3 Å². The van der Waals surface area contributed by atoms with Gasteiger partial charge in [0.25, 0.3) is 0 Å². The van der Waals surface area contributed by atoms with E-state index in [1.54, 1.807) is 13.0 Å². The highest BCUT2D eigenvalue weighted by Crippen LogP contribution is 2.22. The van der Waals surface area contributed by atoms with Crippen LogP contribution in [-0.4, -0.2) is 17.4 Å². The molecule has 0 saturated heterocycles. The van der Waals surface area contributed by atoms with Crippen LogP contribution in [0.4, 0.5) is 0 Å². The third-order valence-electron chi connectivity index (χ3n) is 2.29. The van der Waals surface area contributed by atoms with E-state index in [1.165, 1.54) is 6.08 Å². The Labute approximate surface area is 96.2 Å². The van der Waals surface area contributed by atoms with Gasteiger partial charge < -0.3 is 4.74 Å². The van der Waals surface area contributed by atoms with E-state index in [-0.39, 0.29) is 17.7 Å². The van der Waals surface area contributed by atoms with Crippen molar-refractivity contribution in [3.05, 3.63) is 23.8 Å². The molecule has 1 rings (SSSR count). The van der Waals surface area contributed by atoms with Crippen LogP contribution in [0.2, 0.25) is 0 Å². The van der Waals surface area contributed by atoms with Gasteiger partial charge in [-0.1, -0.05) is 12.2 Å². The van der Waals surface area contributed by atoms with E-state index in [1.807, 2.05) is 26.8 Å². The normalized spacial score (nSPS) is 18.0. The summed E-state index contributed by atoms with van der Waals surface area (Å²) in [5.41, 5.74) is 0.335. The minimum absolute atomic E-state index is 0.0351. The summed E-state index contributed by atoms with van der Waals surface area (Å²) in [6.45, 7) is 7.26. The van der Waals surface area contributed by atoms with Crippen molar-refractivity contribution in [2.24, 2.45) is 5.92 Å². The molecule has 0 fully saturated rings. The van der Waals surface area contributed by atoms with Crippen LogP contribution in [0, 0.1) is 5.92 Å². The van der Waals surface area contributed by atoms with E-state index in [9.17, 15) is 9.59 Å². The van der Waals surface area contributed by atoms with E-state index in [0.29, 0.717) is 6.42 Å². The van der Waals surface area contributed by atoms with Gasteiger partial charge in [0.2, 0.25) is 0 Å². The monoisotopic (exact) mass is 222 g/mol. The van der Waals surface area contributed by atoms with Crippen LogP contribution >= 0.6 is 0 Å². The largest absolute Gasteiger partial charge is 0.460 e. The van der Waals surface area contributed by atoms with E-state index < -0.39 is 5.60 Å². The first-order valence-electron chi connectivity index (χ1n) is 5.42. The second kappa shape index (κ2) is 4.64. The highest BCUT2D eigenvalue weighted by Gasteiger charge is 2.25. The summed E-state index contributed by atoms with van der Waals surface area (Å²) in [6.07, 6.45) is 5.33. The van der Waals surface area contributed by atoms with Crippen LogP contribution in [-0.2, 0) is 14.3 Å². The summed E-state index contributed by atoms with van der Waals surface area (Å²) >= 11 is 0. The molecule has 0 aromatic heterocycles. The molecule has 1 aliphatic rings. The molecule has 16 heavy (non-hydrogen) atoms. The summed E-state index contributed by atoms with van der Waals surface area (Å²) < 4.78 is 5.27. The Bertz CT molecular complexity index is 356. The average Bonchev–Trinajstić information content (AvgIpc) is 2.14. The molecule has 0 aromatic rings. The molecule has 0 radical (unpaired) electrons. The van der Waals surface area contributed by atoms with Gasteiger partial charge in [0.05, 0.1) is 5.92 Å². The minimum Gasteiger partial charge on any atom is -0.460 e. The van der Waals surface area contributed by atoms with Crippen molar-refractivity contribution in [3.8, 4) is 0 Å². The van der Waals surface area contributed by atoms with Crippen LogP contribution in [0.5, 0.6) is 0 Å². The lowest BCUT2D eigenvalue weighted by atomic mass is 9.93. The number of rotatable bonds is 2. The van der Waals surface area contributed by atoms with Gasteiger partial charge in [-0.3, -0.25) is 9.59 Å². The quantitative estimate of drug-likeness (QED) is 0.674. The molecular weight excluding hydrogens is 204 g/mol. The van der Waals surface area contributed by atoms with Crippen LogP contribution in [0.3, 0.4) is 0 Å². The maximum atomic E-state index is 11.8. The zero-order valence-electron chi connectivity index (χ0n) is 10.2. The number of allylic oxidation sites excluding steroid dienone is 3. The Balaban J connectivity index is 2.68. The molecule has 0 spiro atoms. The topological polar surface area (TPSA) is 43.4 Å². The van der Waals surface area contributed by atoms with Gasteiger partial charge in [0, 0.05) is 6.42 Å². The summed E-state index contributed by atoms with van der Waals surface area (Å²) in [4.78, 5) is 23.0. The van der Waals surface area contributed by atoms with Crippen molar-refractivity contribution in [2.45, 2.75) is 39.7 Å². The third kappa shape index (κ3) is 3.65. The zero-order chi connectivity index (χ0) is 12.3. The number of carbonyl (C=O) groups is 2. The molecule has 0 aliphatic heterocycles. The fraction of sp³-hybridized carbons (Fsp3) is 0.538. The Kier molecular flexibility index (Phi) is 3.68. The third-order valence-corrected chi connectivity index (χ3v) is 2.29. The fourth-order valence-electron chi connectivity index (χ4n) is 1.44. The van der Waals surface area contributed by atoms with Crippen molar-refractivity contribution in [1.82, 2.24) is 0 Å². The lowest BCUT2D eigenvalue weighted by Crippen LogP contribution is -2.29. The first kappa shape index (κ1) is 12.7. The number of ether oxygens (including phenoxy) is 1. The molecular formula is C13H18O3. The van der Waals surface area contributed by atoms with Crippen LogP contribution in [0.25, 0.3) is 0 Å². The molecule has 3 heteroatoms. The second-order valence-corrected chi connectivity index (χ2v) is 5.00. The van der Waals surface area contributed by atoms with Crippen LogP contribution < -0.4 is 0 Å². The molecule has 88 valence electrons. The predicted molar refractivity (Wildman–Crippen MR) is 61.9 cm³/mol. The first-order chi connectivity index (χ1) is 7.29. The molecule has 3 nitrogen and oxygen atoms in total. The highest BCUT2D eigenvalue weighted by molar-refractivity contribution is 5.94. The van der Waals surface area contributed by atoms with Gasteiger partial charge >= 0.3 is 5.97 Å². The van der Waals surface area contributed by atoms with E-state index in [0.717, 1.165) is 5.57 Å². The van der Waals surface area contributed by atoms with Gasteiger partial charge in [-0.15, -0.1) is 0 Å². The predicted octanol–water partition coefficient (Wildman–Crippen LogP) is 2.42. The van der Waals surface area contributed by atoms with Crippen molar-refractivity contribution >= 4 is 11.8 Å². The number of hydrogen-bond donors (Lipinski definition) is 0. The molecule has 0 amide bonds. The molecule has 0 saturated carbocycles. The Hall–Kier alpha value is -1.38. The second-order valence-electron chi connectivity index (χ2n) is 5.00. The maximum Gasteiger partial charge on any atom is 0.313 e. The standard InChI is InChI=1S/C13H18O3/c1-9(12(15)16-13(2,3)4)10-6-5-7-11(14)8-10/h5-7,9H,8H2,1-4H3. The van der Waals surface area contributed by atoms with Gasteiger partial charge in [-0.05, 0) is 39.3 Å². The zero-order valence-corrected chi connectivity index (χ0v) is 10.2. The highest BCUT2D eigenvalue weighted by atomic mass is 16.6. The molecule has 1 unspecified atom stereocenters. The lowest BCUT2D eigenvalue weighted by Gasteiger charge is -2.23. The molecule has 0 bridgehead atoms. The Morgan fingerprint density at radius 3 is 2.56 bits per heavy atom. The van der Waals surface area contributed by atoms with E-state index in [4.69, 9.17) is 4.74 Å². The maximum absolute atomic E-state index is 11.8. The van der Waals surface area contributed by atoms with Gasteiger partial charge in [0.1, 0.15) is 5.60 Å². The smallest absolute Gasteiger partial charge is 0.313 e. The fourth-order valence-corrected chi connectivity index (χ4v) is 1.44. The van der Waals surface area contributed by atoms with Gasteiger partial charge in [0.15, 0.2) is 5.78 Å². The summed E-state index contributed by atoms with van der Waals surface area (Å²) in [6, 6.07) is 0. The average molecular weight is 222 g/mol. The van der Waals surface area contributed by atoms with Crippen molar-refractivity contribution in [3.63, 3.8) is 0 Å². The summed E-state index contributed by atoms with van der Waals surface area (Å²) in [5.74, 6) is -0.595. The Morgan fingerprint density at radius 2 is 2.06 bits per heavy atom. The lowest BCUT2D eigenvalue weighted by molar-refractivity contribution is -0.158. The molecule has 1 atom stereocenters. The van der Waals surface area contributed by atoms with E-state index in [2.05, 4.69) is 0 Å². The minimum atomic E-state index is -0.486. The number of hydrogen-bond acceptors (Lipinski definition) is 3. The van der Waals surface area contributed by atoms with Crippen LogP contribution in [0.1, 0.15) is 34.1 Å². The number of esters is 1. The Morgan fingerprint density at radius 1 is 1.44 bits per heavy atom. The molecule has 0 N–H and O–H groups in total. The SMILES string of the molecule is CC(C(=O)OC(C)(C)C)C1=CC=CC(=O)C1. The van der Waals surface area contributed by atoms with E-state index >= 15 is 0 Å². The molecule has 1 aliphatic carbocycles. The van der Waals surface area contributed by atoms with Crippen molar-refractivity contribution in [2.75, 3.05) is 0 Å². The molecule has 0 heterocycles. The number of ketones is 1. The van der Waals surface area contributed by atoms with Crippen LogP contribution in [0.15, 0.2) is 23.8 Å².